The maximum Gasteiger partial charge on any atom is 0.232 e. The van der Waals surface area contributed by atoms with Crippen LogP contribution in [0.15, 0.2) is 23.1 Å². The van der Waals surface area contributed by atoms with E-state index in [4.69, 9.17) is 14.2 Å². The lowest BCUT2D eigenvalue weighted by Gasteiger charge is -2.39. The molecule has 0 N–H and O–H groups in total. The van der Waals surface area contributed by atoms with Gasteiger partial charge in [-0.2, -0.15) is 0 Å². The van der Waals surface area contributed by atoms with E-state index >= 15 is 0 Å². The first-order valence-electron chi connectivity index (χ1n) is 10.7. The maximum absolute atomic E-state index is 12.7. The molecule has 2 unspecified atom stereocenters. The smallest absolute Gasteiger partial charge is 0.232 e. The summed E-state index contributed by atoms with van der Waals surface area (Å²) in [6, 6.07) is 5.91. The number of nitrogens with zero attached hydrogens (tertiary/aromatic N) is 2. The largest absolute Gasteiger partial charge is 0.486 e. The number of likely N-dealkylation sites (tertiary alicyclic amines) is 1. The maximum atomic E-state index is 12.7. The Morgan fingerprint density at radius 3 is 2.48 bits per heavy atom. The van der Waals surface area contributed by atoms with Crippen LogP contribution in [0.1, 0.15) is 26.7 Å². The predicted octanol–water partition coefficient (Wildman–Crippen LogP) is 2.90. The number of carbonyl (C=O) groups excluding carboxylic acids is 1. The molecule has 1 aromatic rings. The lowest BCUT2D eigenvalue weighted by Crippen LogP contribution is -2.48. The van der Waals surface area contributed by atoms with Crippen molar-refractivity contribution < 1.29 is 19.0 Å². The van der Waals surface area contributed by atoms with E-state index in [1.54, 1.807) is 11.8 Å². The first kappa shape index (κ1) is 20.8. The number of thioether (sulfide) groups is 1. The number of ether oxygens (including phenoxy) is 3. The van der Waals surface area contributed by atoms with Gasteiger partial charge in [0.1, 0.15) is 13.2 Å². The molecule has 7 heteroatoms. The van der Waals surface area contributed by atoms with Crippen molar-refractivity contribution >= 4 is 17.7 Å². The monoisotopic (exact) mass is 420 g/mol. The van der Waals surface area contributed by atoms with Gasteiger partial charge in [0.25, 0.3) is 0 Å². The Kier molecular flexibility index (Phi) is 6.88. The highest BCUT2D eigenvalue weighted by Gasteiger charge is 2.28. The second kappa shape index (κ2) is 9.58. The number of piperidine rings is 1. The van der Waals surface area contributed by atoms with Gasteiger partial charge in [0.05, 0.1) is 18.0 Å². The van der Waals surface area contributed by atoms with Gasteiger partial charge in [-0.3, -0.25) is 9.69 Å². The van der Waals surface area contributed by atoms with Crippen molar-refractivity contribution in [2.75, 3.05) is 51.7 Å². The third-order valence-corrected chi connectivity index (χ3v) is 6.83. The Bertz CT molecular complexity index is 698. The molecule has 2 atom stereocenters. The number of amides is 1. The van der Waals surface area contributed by atoms with Crippen LogP contribution in [0.2, 0.25) is 0 Å². The van der Waals surface area contributed by atoms with Crippen LogP contribution in [0.3, 0.4) is 0 Å². The molecule has 29 heavy (non-hydrogen) atoms. The summed E-state index contributed by atoms with van der Waals surface area (Å²) in [6.07, 6.45) is 2.83. The van der Waals surface area contributed by atoms with E-state index < -0.39 is 0 Å². The van der Waals surface area contributed by atoms with Crippen molar-refractivity contribution in [3.8, 4) is 11.5 Å². The Balaban J connectivity index is 1.20. The van der Waals surface area contributed by atoms with E-state index in [1.807, 2.05) is 23.1 Å². The van der Waals surface area contributed by atoms with Crippen molar-refractivity contribution in [1.29, 1.82) is 0 Å². The van der Waals surface area contributed by atoms with Gasteiger partial charge in [-0.25, -0.2) is 0 Å². The van der Waals surface area contributed by atoms with E-state index in [2.05, 4.69) is 18.7 Å². The topological polar surface area (TPSA) is 51.2 Å². The minimum absolute atomic E-state index is 0.233. The van der Waals surface area contributed by atoms with Crippen LogP contribution in [-0.4, -0.2) is 79.6 Å². The second-order valence-electron chi connectivity index (χ2n) is 8.39. The van der Waals surface area contributed by atoms with E-state index in [-0.39, 0.29) is 5.91 Å². The molecule has 0 aromatic heterocycles. The number of hydrogen-bond donors (Lipinski definition) is 0. The van der Waals surface area contributed by atoms with Gasteiger partial charge in [-0.15, -0.1) is 11.8 Å². The summed E-state index contributed by atoms with van der Waals surface area (Å²) in [4.78, 5) is 18.3. The summed E-state index contributed by atoms with van der Waals surface area (Å²) in [5, 5.41) is 0. The molecule has 0 aliphatic carbocycles. The molecule has 1 amide bonds. The third kappa shape index (κ3) is 5.58. The molecule has 0 radical (unpaired) electrons. The SMILES string of the molecule is CC1CN(CC2CCN(C(=O)CSc3ccc4c(c3)OCCO4)CC2)CC(C)O1. The van der Waals surface area contributed by atoms with Crippen LogP contribution in [0.4, 0.5) is 0 Å². The molecule has 0 spiro atoms. The zero-order valence-electron chi connectivity index (χ0n) is 17.5. The van der Waals surface area contributed by atoms with Gasteiger partial charge in [-0.1, -0.05) is 0 Å². The van der Waals surface area contributed by atoms with Crippen LogP contribution >= 0.6 is 11.8 Å². The van der Waals surface area contributed by atoms with Crippen LogP contribution in [0.5, 0.6) is 11.5 Å². The molecule has 2 fully saturated rings. The second-order valence-corrected chi connectivity index (χ2v) is 9.44. The molecule has 4 rings (SSSR count). The standard InChI is InChI=1S/C22H32N2O4S/c1-16-12-23(13-17(2)28-16)14-18-5-7-24(8-6-18)22(25)15-29-19-3-4-20-21(11-19)27-10-9-26-20/h3-4,11,16-18H,5-10,12-15H2,1-2H3. The summed E-state index contributed by atoms with van der Waals surface area (Å²) in [5.74, 6) is 2.96. The van der Waals surface area contributed by atoms with Crippen molar-refractivity contribution in [2.45, 2.75) is 43.8 Å². The number of benzene rings is 1. The quantitative estimate of drug-likeness (QED) is 0.683. The number of fused-ring (bicyclic) bond motifs is 1. The van der Waals surface area contributed by atoms with E-state index in [0.717, 1.165) is 62.0 Å². The van der Waals surface area contributed by atoms with Crippen molar-refractivity contribution in [3.05, 3.63) is 18.2 Å². The molecule has 3 aliphatic rings. The fourth-order valence-electron chi connectivity index (χ4n) is 4.51. The molecule has 3 aliphatic heterocycles. The number of carbonyl (C=O) groups is 1. The highest BCUT2D eigenvalue weighted by Crippen LogP contribution is 2.34. The third-order valence-electron chi connectivity index (χ3n) is 5.85. The van der Waals surface area contributed by atoms with Gasteiger partial charge in [0, 0.05) is 37.6 Å². The summed E-state index contributed by atoms with van der Waals surface area (Å²) < 4.78 is 17.0. The number of rotatable bonds is 5. The van der Waals surface area contributed by atoms with E-state index in [1.165, 1.54) is 0 Å². The van der Waals surface area contributed by atoms with Crippen molar-refractivity contribution in [3.63, 3.8) is 0 Å². The minimum Gasteiger partial charge on any atom is -0.486 e. The van der Waals surface area contributed by atoms with Gasteiger partial charge >= 0.3 is 0 Å². The average Bonchev–Trinajstić information content (AvgIpc) is 2.71. The summed E-state index contributed by atoms with van der Waals surface area (Å²) >= 11 is 1.58. The van der Waals surface area contributed by atoms with E-state index in [0.29, 0.717) is 37.1 Å². The zero-order chi connectivity index (χ0) is 20.2. The Labute approximate surface area is 177 Å². The predicted molar refractivity (Wildman–Crippen MR) is 114 cm³/mol. The first-order valence-corrected chi connectivity index (χ1v) is 11.7. The molecule has 0 bridgehead atoms. The average molecular weight is 421 g/mol. The fourth-order valence-corrected chi connectivity index (χ4v) is 5.34. The lowest BCUT2D eigenvalue weighted by atomic mass is 9.95. The lowest BCUT2D eigenvalue weighted by molar-refractivity contribution is -0.129. The number of hydrogen-bond acceptors (Lipinski definition) is 6. The van der Waals surface area contributed by atoms with Gasteiger partial charge in [-0.05, 0) is 50.8 Å². The van der Waals surface area contributed by atoms with Crippen molar-refractivity contribution in [1.82, 2.24) is 9.80 Å². The van der Waals surface area contributed by atoms with E-state index in [9.17, 15) is 4.79 Å². The molecular weight excluding hydrogens is 388 g/mol. The fraction of sp³-hybridized carbons (Fsp3) is 0.682. The van der Waals surface area contributed by atoms with Crippen LogP contribution in [0, 0.1) is 5.92 Å². The minimum atomic E-state index is 0.233. The van der Waals surface area contributed by atoms with Gasteiger partial charge in [0.15, 0.2) is 11.5 Å². The Morgan fingerprint density at radius 2 is 1.76 bits per heavy atom. The highest BCUT2D eigenvalue weighted by atomic mass is 32.2. The van der Waals surface area contributed by atoms with Gasteiger partial charge in [0.2, 0.25) is 5.91 Å². The molecule has 6 nitrogen and oxygen atoms in total. The Morgan fingerprint density at radius 1 is 1.07 bits per heavy atom. The summed E-state index contributed by atoms with van der Waals surface area (Å²) in [5.41, 5.74) is 0. The molecule has 0 saturated carbocycles. The van der Waals surface area contributed by atoms with Crippen molar-refractivity contribution in [2.24, 2.45) is 5.92 Å². The molecular formula is C22H32N2O4S. The summed E-state index contributed by atoms with van der Waals surface area (Å²) in [7, 11) is 0. The van der Waals surface area contributed by atoms with Gasteiger partial charge < -0.3 is 19.1 Å². The summed E-state index contributed by atoms with van der Waals surface area (Å²) in [6.45, 7) is 10.4. The van der Waals surface area contributed by atoms with Crippen LogP contribution in [-0.2, 0) is 9.53 Å². The Hall–Kier alpha value is -1.44. The first-order chi connectivity index (χ1) is 14.1. The number of morpholine rings is 1. The van der Waals surface area contributed by atoms with Crippen LogP contribution < -0.4 is 9.47 Å². The highest BCUT2D eigenvalue weighted by molar-refractivity contribution is 8.00. The normalized spacial score (nSPS) is 25.8. The van der Waals surface area contributed by atoms with Crippen LogP contribution in [0.25, 0.3) is 0 Å². The molecule has 3 heterocycles. The molecule has 160 valence electrons. The molecule has 2 saturated heterocycles. The zero-order valence-corrected chi connectivity index (χ0v) is 18.3. The molecule has 1 aromatic carbocycles.